The average Bonchev–Trinajstić information content (AvgIpc) is 2.47. The van der Waals surface area contributed by atoms with Gasteiger partial charge in [-0.3, -0.25) is 0 Å². The number of piperidine rings is 1. The zero-order chi connectivity index (χ0) is 13.3. The van der Waals surface area contributed by atoms with Crippen molar-refractivity contribution in [3.8, 4) is 5.75 Å². The Morgan fingerprint density at radius 1 is 1.40 bits per heavy atom. The molecule has 1 aromatic carbocycles. The standard InChI is InChI=1S/C17H25NO.ClH/c1-3-8-17-9-10-18-12-14(17)6-4-13-5-7-15(19-2)11-16(13)17;/h5,7,11,14,18H,3-4,6,8-10,12H2,1-2H3;1H. The summed E-state index contributed by atoms with van der Waals surface area (Å²) < 4.78 is 5.47. The Kier molecular flexibility index (Phi) is 4.98. The van der Waals surface area contributed by atoms with Crippen LogP contribution in [0.4, 0.5) is 0 Å². The molecule has 1 fully saturated rings. The molecule has 3 rings (SSSR count). The van der Waals surface area contributed by atoms with Gasteiger partial charge < -0.3 is 10.1 Å². The number of hydrogen-bond acceptors (Lipinski definition) is 2. The monoisotopic (exact) mass is 295 g/mol. The maximum Gasteiger partial charge on any atom is 0.119 e. The zero-order valence-corrected chi connectivity index (χ0v) is 13.4. The molecule has 112 valence electrons. The lowest BCUT2D eigenvalue weighted by Gasteiger charge is -2.49. The van der Waals surface area contributed by atoms with Crippen molar-refractivity contribution in [1.29, 1.82) is 0 Å². The van der Waals surface area contributed by atoms with Crippen LogP contribution in [0.25, 0.3) is 0 Å². The van der Waals surface area contributed by atoms with Crippen molar-refractivity contribution in [3.05, 3.63) is 29.3 Å². The lowest BCUT2D eigenvalue weighted by Crippen LogP contribution is -2.50. The molecule has 2 nitrogen and oxygen atoms in total. The Balaban J connectivity index is 0.00000147. The number of nitrogens with one attached hydrogen (secondary N) is 1. The lowest BCUT2D eigenvalue weighted by atomic mass is 9.58. The maximum absolute atomic E-state index is 5.47. The van der Waals surface area contributed by atoms with Crippen LogP contribution in [0.1, 0.15) is 43.7 Å². The van der Waals surface area contributed by atoms with Gasteiger partial charge in [-0.15, -0.1) is 12.4 Å². The lowest BCUT2D eigenvalue weighted by molar-refractivity contribution is 0.160. The molecule has 2 aliphatic rings. The highest BCUT2D eigenvalue weighted by Gasteiger charge is 2.44. The van der Waals surface area contributed by atoms with Crippen molar-refractivity contribution in [2.75, 3.05) is 20.2 Å². The molecule has 1 aromatic rings. The second kappa shape index (κ2) is 6.36. The number of benzene rings is 1. The average molecular weight is 296 g/mol. The van der Waals surface area contributed by atoms with E-state index >= 15 is 0 Å². The molecule has 1 aliphatic carbocycles. The highest BCUT2D eigenvalue weighted by atomic mass is 35.5. The van der Waals surface area contributed by atoms with E-state index in [2.05, 4.69) is 30.4 Å². The third-order valence-corrected chi connectivity index (χ3v) is 5.23. The van der Waals surface area contributed by atoms with Crippen molar-refractivity contribution in [3.63, 3.8) is 0 Å². The van der Waals surface area contributed by atoms with Crippen molar-refractivity contribution in [2.45, 2.75) is 44.4 Å². The summed E-state index contributed by atoms with van der Waals surface area (Å²) >= 11 is 0. The van der Waals surface area contributed by atoms with Gasteiger partial charge in [-0.1, -0.05) is 19.4 Å². The Morgan fingerprint density at radius 2 is 2.25 bits per heavy atom. The van der Waals surface area contributed by atoms with E-state index in [1.165, 1.54) is 38.6 Å². The molecule has 0 saturated carbocycles. The van der Waals surface area contributed by atoms with Crippen molar-refractivity contribution < 1.29 is 4.74 Å². The number of rotatable bonds is 3. The predicted molar refractivity (Wildman–Crippen MR) is 86.1 cm³/mol. The highest BCUT2D eigenvalue weighted by Crippen LogP contribution is 2.49. The summed E-state index contributed by atoms with van der Waals surface area (Å²) in [5, 5.41) is 3.60. The Hall–Kier alpha value is -0.730. The number of methoxy groups -OCH3 is 1. The van der Waals surface area contributed by atoms with Gasteiger partial charge in [0.2, 0.25) is 0 Å². The Bertz CT molecular complexity index is 458. The first kappa shape index (κ1) is 15.7. The first-order chi connectivity index (χ1) is 9.30. The minimum absolute atomic E-state index is 0. The molecule has 1 N–H and O–H groups in total. The van der Waals surface area contributed by atoms with Crippen LogP contribution in [0.5, 0.6) is 5.75 Å². The molecule has 0 bridgehead atoms. The van der Waals surface area contributed by atoms with Gasteiger partial charge in [0.1, 0.15) is 5.75 Å². The van der Waals surface area contributed by atoms with Crippen LogP contribution in [0.3, 0.4) is 0 Å². The minimum Gasteiger partial charge on any atom is -0.497 e. The normalized spacial score (nSPS) is 28.0. The number of aryl methyl sites for hydroxylation is 1. The SMILES string of the molecule is CCCC12CCNCC1CCc1ccc(OC)cc12.Cl. The molecule has 1 heterocycles. The highest BCUT2D eigenvalue weighted by molar-refractivity contribution is 5.85. The van der Waals surface area contributed by atoms with Crippen molar-refractivity contribution in [1.82, 2.24) is 5.32 Å². The Morgan fingerprint density at radius 3 is 3.00 bits per heavy atom. The summed E-state index contributed by atoms with van der Waals surface area (Å²) in [6, 6.07) is 6.74. The van der Waals surface area contributed by atoms with Gasteiger partial charge in [0, 0.05) is 5.41 Å². The zero-order valence-electron chi connectivity index (χ0n) is 12.6. The third-order valence-electron chi connectivity index (χ3n) is 5.23. The summed E-state index contributed by atoms with van der Waals surface area (Å²) in [7, 11) is 1.77. The second-order valence-electron chi connectivity index (χ2n) is 6.12. The van der Waals surface area contributed by atoms with E-state index in [1.54, 1.807) is 18.2 Å². The molecule has 3 heteroatoms. The van der Waals surface area contributed by atoms with E-state index in [-0.39, 0.29) is 12.4 Å². The van der Waals surface area contributed by atoms with E-state index in [9.17, 15) is 0 Å². The van der Waals surface area contributed by atoms with Crippen LogP contribution in [-0.4, -0.2) is 20.2 Å². The first-order valence-electron chi connectivity index (χ1n) is 7.68. The summed E-state index contributed by atoms with van der Waals surface area (Å²) in [5.41, 5.74) is 3.56. The summed E-state index contributed by atoms with van der Waals surface area (Å²) in [4.78, 5) is 0. The van der Waals surface area contributed by atoms with E-state index in [4.69, 9.17) is 4.74 Å². The summed E-state index contributed by atoms with van der Waals surface area (Å²) in [5.74, 6) is 1.83. The maximum atomic E-state index is 5.47. The molecular formula is C17H26ClNO. The van der Waals surface area contributed by atoms with E-state index < -0.39 is 0 Å². The van der Waals surface area contributed by atoms with Gasteiger partial charge in [0.15, 0.2) is 0 Å². The van der Waals surface area contributed by atoms with Crippen molar-refractivity contribution >= 4 is 12.4 Å². The molecule has 0 amide bonds. The van der Waals surface area contributed by atoms with Gasteiger partial charge in [-0.05, 0) is 68.0 Å². The summed E-state index contributed by atoms with van der Waals surface area (Å²) in [6.45, 7) is 4.67. The number of fused-ring (bicyclic) bond motifs is 3. The molecule has 2 atom stereocenters. The van der Waals surface area contributed by atoms with Crippen LogP contribution >= 0.6 is 12.4 Å². The number of ether oxygens (including phenoxy) is 1. The smallest absolute Gasteiger partial charge is 0.119 e. The fraction of sp³-hybridized carbons (Fsp3) is 0.647. The molecule has 0 aromatic heterocycles. The first-order valence-corrected chi connectivity index (χ1v) is 7.68. The third kappa shape index (κ3) is 2.44. The van der Waals surface area contributed by atoms with E-state index in [1.807, 2.05) is 0 Å². The van der Waals surface area contributed by atoms with Gasteiger partial charge in [0.05, 0.1) is 7.11 Å². The second-order valence-corrected chi connectivity index (χ2v) is 6.12. The Labute approximate surface area is 128 Å². The fourth-order valence-electron chi connectivity index (χ4n) is 4.32. The van der Waals surface area contributed by atoms with Crippen LogP contribution < -0.4 is 10.1 Å². The largest absolute Gasteiger partial charge is 0.497 e. The van der Waals surface area contributed by atoms with Gasteiger partial charge in [-0.2, -0.15) is 0 Å². The topological polar surface area (TPSA) is 21.3 Å². The minimum atomic E-state index is 0. The van der Waals surface area contributed by atoms with Crippen LogP contribution in [0.2, 0.25) is 0 Å². The van der Waals surface area contributed by atoms with Gasteiger partial charge in [0.25, 0.3) is 0 Å². The molecule has 0 radical (unpaired) electrons. The van der Waals surface area contributed by atoms with E-state index in [0.29, 0.717) is 5.41 Å². The van der Waals surface area contributed by atoms with Gasteiger partial charge in [-0.25, -0.2) is 0 Å². The molecule has 1 aliphatic heterocycles. The number of hydrogen-bond donors (Lipinski definition) is 1. The summed E-state index contributed by atoms with van der Waals surface area (Å²) in [6.07, 6.45) is 6.45. The van der Waals surface area contributed by atoms with Crippen molar-refractivity contribution in [2.24, 2.45) is 5.92 Å². The number of halogens is 1. The molecule has 0 spiro atoms. The quantitative estimate of drug-likeness (QED) is 0.918. The fourth-order valence-corrected chi connectivity index (χ4v) is 4.32. The molecule has 2 unspecified atom stereocenters. The molecule has 1 saturated heterocycles. The van der Waals surface area contributed by atoms with Crippen LogP contribution in [-0.2, 0) is 11.8 Å². The molecular weight excluding hydrogens is 270 g/mol. The predicted octanol–water partition coefficient (Wildman–Crippen LogP) is 3.71. The molecule has 20 heavy (non-hydrogen) atoms. The van der Waals surface area contributed by atoms with Crippen LogP contribution in [0.15, 0.2) is 18.2 Å². The van der Waals surface area contributed by atoms with Gasteiger partial charge >= 0.3 is 0 Å². The van der Waals surface area contributed by atoms with E-state index in [0.717, 1.165) is 18.2 Å². The van der Waals surface area contributed by atoms with Crippen LogP contribution in [0, 0.1) is 5.92 Å².